The van der Waals surface area contributed by atoms with Crippen LogP contribution in [0.25, 0.3) is 0 Å². The van der Waals surface area contributed by atoms with E-state index < -0.39 is 17.8 Å². The predicted octanol–water partition coefficient (Wildman–Crippen LogP) is 3.17. The molecule has 1 unspecified atom stereocenters. The van der Waals surface area contributed by atoms with Crippen molar-refractivity contribution in [2.45, 2.75) is 18.9 Å². The zero-order valence-electron chi connectivity index (χ0n) is 13.2. The van der Waals surface area contributed by atoms with Crippen molar-refractivity contribution in [3.05, 3.63) is 65.5 Å². The maximum absolute atomic E-state index is 13.1. The van der Waals surface area contributed by atoms with E-state index in [1.807, 2.05) is 0 Å². The van der Waals surface area contributed by atoms with Crippen molar-refractivity contribution >= 4 is 11.9 Å². The summed E-state index contributed by atoms with van der Waals surface area (Å²) in [4.78, 5) is 23.4. The van der Waals surface area contributed by atoms with E-state index in [1.54, 1.807) is 24.3 Å². The van der Waals surface area contributed by atoms with Gasteiger partial charge in [-0.2, -0.15) is 0 Å². The molecule has 24 heavy (non-hydrogen) atoms. The van der Waals surface area contributed by atoms with Gasteiger partial charge in [0.25, 0.3) is 5.91 Å². The van der Waals surface area contributed by atoms with Gasteiger partial charge in [0.15, 0.2) is 0 Å². The van der Waals surface area contributed by atoms with Crippen LogP contribution in [0, 0.1) is 5.82 Å². The van der Waals surface area contributed by atoms with Crippen molar-refractivity contribution in [3.8, 4) is 5.75 Å². The lowest BCUT2D eigenvalue weighted by atomic mass is 10.0. The number of carboxylic acid groups (broad SMARTS) is 1. The summed E-state index contributed by atoms with van der Waals surface area (Å²) >= 11 is 0. The van der Waals surface area contributed by atoms with Crippen LogP contribution >= 0.6 is 0 Å². The van der Waals surface area contributed by atoms with Gasteiger partial charge in [0.2, 0.25) is 0 Å². The van der Waals surface area contributed by atoms with E-state index >= 15 is 0 Å². The molecule has 0 spiro atoms. The van der Waals surface area contributed by atoms with Gasteiger partial charge in [0.05, 0.1) is 18.7 Å². The summed E-state index contributed by atoms with van der Waals surface area (Å²) in [6.45, 7) is 0. The first-order chi connectivity index (χ1) is 11.5. The Bertz CT molecular complexity index is 715. The molecular formula is C18H18FNO4. The monoisotopic (exact) mass is 331 g/mol. The topological polar surface area (TPSA) is 75.6 Å². The Morgan fingerprint density at radius 1 is 1.17 bits per heavy atom. The average molecular weight is 331 g/mol. The number of amides is 1. The third kappa shape index (κ3) is 4.55. The van der Waals surface area contributed by atoms with Crippen LogP contribution in [-0.2, 0) is 4.79 Å². The second-order valence-corrected chi connectivity index (χ2v) is 5.21. The first kappa shape index (κ1) is 17.5. The molecule has 0 radical (unpaired) electrons. The van der Waals surface area contributed by atoms with Crippen LogP contribution in [0.3, 0.4) is 0 Å². The van der Waals surface area contributed by atoms with Crippen molar-refractivity contribution in [1.82, 2.24) is 5.32 Å². The second kappa shape index (κ2) is 8.10. The second-order valence-electron chi connectivity index (χ2n) is 5.21. The van der Waals surface area contributed by atoms with Crippen LogP contribution in [0.15, 0.2) is 48.5 Å². The zero-order valence-corrected chi connectivity index (χ0v) is 13.2. The summed E-state index contributed by atoms with van der Waals surface area (Å²) in [5.74, 6) is -1.32. The SMILES string of the molecule is COc1ccccc1C(=O)NC(CCC(=O)O)c1ccc(F)cc1. The van der Waals surface area contributed by atoms with Gasteiger partial charge in [0, 0.05) is 6.42 Å². The lowest BCUT2D eigenvalue weighted by Crippen LogP contribution is -2.29. The minimum Gasteiger partial charge on any atom is -0.496 e. The number of carbonyl (C=O) groups excluding carboxylic acids is 1. The Kier molecular flexibility index (Phi) is 5.89. The number of methoxy groups -OCH3 is 1. The van der Waals surface area contributed by atoms with Crippen LogP contribution in [0.2, 0.25) is 0 Å². The first-order valence-corrected chi connectivity index (χ1v) is 7.42. The highest BCUT2D eigenvalue weighted by molar-refractivity contribution is 5.97. The number of carbonyl (C=O) groups is 2. The van der Waals surface area contributed by atoms with E-state index in [0.29, 0.717) is 16.9 Å². The number of hydrogen-bond donors (Lipinski definition) is 2. The van der Waals surface area contributed by atoms with Gasteiger partial charge in [-0.25, -0.2) is 4.39 Å². The van der Waals surface area contributed by atoms with Crippen molar-refractivity contribution < 1.29 is 23.8 Å². The molecule has 0 aliphatic heterocycles. The molecule has 0 saturated heterocycles. The number of halogens is 1. The number of carboxylic acids is 1. The summed E-state index contributed by atoms with van der Waals surface area (Å²) in [6.07, 6.45) is 0.0795. The number of aliphatic carboxylic acids is 1. The van der Waals surface area contributed by atoms with E-state index in [2.05, 4.69) is 5.32 Å². The van der Waals surface area contributed by atoms with Gasteiger partial charge >= 0.3 is 5.97 Å². The number of benzene rings is 2. The molecule has 1 amide bonds. The standard InChI is InChI=1S/C18H18FNO4/c1-24-16-5-3-2-4-14(16)18(23)20-15(10-11-17(21)22)12-6-8-13(19)9-7-12/h2-9,15H,10-11H2,1H3,(H,20,23)(H,21,22). The highest BCUT2D eigenvalue weighted by Gasteiger charge is 2.19. The van der Waals surface area contributed by atoms with E-state index in [-0.39, 0.29) is 18.7 Å². The summed E-state index contributed by atoms with van der Waals surface area (Å²) < 4.78 is 18.3. The molecule has 0 heterocycles. The number of rotatable bonds is 7. The first-order valence-electron chi connectivity index (χ1n) is 7.42. The predicted molar refractivity (Wildman–Crippen MR) is 86.5 cm³/mol. The molecule has 0 bridgehead atoms. The molecular weight excluding hydrogens is 313 g/mol. The fourth-order valence-corrected chi connectivity index (χ4v) is 2.35. The lowest BCUT2D eigenvalue weighted by molar-refractivity contribution is -0.137. The Morgan fingerprint density at radius 2 is 1.83 bits per heavy atom. The molecule has 126 valence electrons. The molecule has 2 aromatic rings. The summed E-state index contributed by atoms with van der Waals surface area (Å²) in [5, 5.41) is 11.7. The quantitative estimate of drug-likeness (QED) is 0.817. The number of ether oxygens (including phenoxy) is 1. The molecule has 2 aromatic carbocycles. The number of para-hydroxylation sites is 1. The van der Waals surface area contributed by atoms with Crippen molar-refractivity contribution in [2.24, 2.45) is 0 Å². The molecule has 2 N–H and O–H groups in total. The Balaban J connectivity index is 2.22. The van der Waals surface area contributed by atoms with Gasteiger partial charge in [-0.05, 0) is 36.2 Å². The Morgan fingerprint density at radius 3 is 2.46 bits per heavy atom. The zero-order chi connectivity index (χ0) is 17.5. The summed E-state index contributed by atoms with van der Waals surface area (Å²) in [7, 11) is 1.47. The van der Waals surface area contributed by atoms with Crippen molar-refractivity contribution in [2.75, 3.05) is 7.11 Å². The molecule has 0 aliphatic rings. The lowest BCUT2D eigenvalue weighted by Gasteiger charge is -2.19. The third-order valence-corrected chi connectivity index (χ3v) is 3.58. The van der Waals surface area contributed by atoms with E-state index in [1.165, 1.54) is 31.4 Å². The van der Waals surface area contributed by atoms with Crippen LogP contribution in [0.4, 0.5) is 4.39 Å². The van der Waals surface area contributed by atoms with E-state index in [4.69, 9.17) is 9.84 Å². The van der Waals surface area contributed by atoms with E-state index in [0.717, 1.165) is 0 Å². The molecule has 0 fully saturated rings. The average Bonchev–Trinajstić information content (AvgIpc) is 2.59. The van der Waals surface area contributed by atoms with Crippen LogP contribution in [0.5, 0.6) is 5.75 Å². The van der Waals surface area contributed by atoms with Gasteiger partial charge in [-0.3, -0.25) is 9.59 Å². The Hall–Kier alpha value is -2.89. The van der Waals surface area contributed by atoms with Crippen LogP contribution in [0.1, 0.15) is 34.8 Å². The fraction of sp³-hybridized carbons (Fsp3) is 0.222. The highest BCUT2D eigenvalue weighted by atomic mass is 19.1. The van der Waals surface area contributed by atoms with Gasteiger partial charge in [-0.15, -0.1) is 0 Å². The third-order valence-electron chi connectivity index (χ3n) is 3.58. The molecule has 2 rings (SSSR count). The van der Waals surface area contributed by atoms with Gasteiger partial charge in [-0.1, -0.05) is 24.3 Å². The molecule has 6 heteroatoms. The van der Waals surface area contributed by atoms with Crippen LogP contribution in [-0.4, -0.2) is 24.1 Å². The molecule has 5 nitrogen and oxygen atoms in total. The molecule has 0 aromatic heterocycles. The largest absolute Gasteiger partial charge is 0.496 e. The van der Waals surface area contributed by atoms with Crippen LogP contribution < -0.4 is 10.1 Å². The molecule has 0 saturated carbocycles. The molecule has 0 aliphatic carbocycles. The number of hydrogen-bond acceptors (Lipinski definition) is 3. The minimum absolute atomic E-state index is 0.117. The smallest absolute Gasteiger partial charge is 0.303 e. The summed E-state index contributed by atoms with van der Waals surface area (Å²) in [5.41, 5.74) is 0.989. The highest BCUT2D eigenvalue weighted by Crippen LogP contribution is 2.22. The van der Waals surface area contributed by atoms with Crippen molar-refractivity contribution in [3.63, 3.8) is 0 Å². The Labute approximate surface area is 139 Å². The van der Waals surface area contributed by atoms with Crippen molar-refractivity contribution in [1.29, 1.82) is 0 Å². The summed E-state index contributed by atoms with van der Waals surface area (Å²) in [6, 6.07) is 11.8. The number of nitrogens with one attached hydrogen (secondary N) is 1. The van der Waals surface area contributed by atoms with E-state index in [9.17, 15) is 14.0 Å². The van der Waals surface area contributed by atoms with Gasteiger partial charge in [0.1, 0.15) is 11.6 Å². The molecule has 1 atom stereocenters. The maximum atomic E-state index is 13.1. The fourth-order valence-electron chi connectivity index (χ4n) is 2.35. The normalized spacial score (nSPS) is 11.6. The minimum atomic E-state index is -0.964. The maximum Gasteiger partial charge on any atom is 0.303 e. The van der Waals surface area contributed by atoms with Gasteiger partial charge < -0.3 is 15.2 Å².